The van der Waals surface area contributed by atoms with E-state index in [1.807, 2.05) is 13.8 Å². The fourth-order valence-electron chi connectivity index (χ4n) is 1.81. The second-order valence-electron chi connectivity index (χ2n) is 4.71. The summed E-state index contributed by atoms with van der Waals surface area (Å²) in [6.07, 6.45) is 0.136. The molecule has 1 amide bonds. The Labute approximate surface area is 107 Å². The maximum Gasteiger partial charge on any atom is 0.328 e. The van der Waals surface area contributed by atoms with Gasteiger partial charge in [-0.05, 0) is 5.92 Å². The summed E-state index contributed by atoms with van der Waals surface area (Å²) in [5.41, 5.74) is 0. The molecule has 1 heterocycles. The van der Waals surface area contributed by atoms with E-state index in [2.05, 4.69) is 15.4 Å². The summed E-state index contributed by atoms with van der Waals surface area (Å²) in [5.74, 6) is -0.611. The van der Waals surface area contributed by atoms with Gasteiger partial charge in [0.1, 0.15) is 6.04 Å². The molecule has 6 heteroatoms. The molecule has 18 heavy (non-hydrogen) atoms. The molecule has 6 nitrogen and oxygen atoms in total. The molecule has 2 N–H and O–H groups in total. The number of nitrogens with one attached hydrogen (secondary N) is 2. The molecular formula is C12H22N2O4. The highest BCUT2D eigenvalue weighted by Crippen LogP contribution is 2.06. The highest BCUT2D eigenvalue weighted by Gasteiger charge is 2.26. The minimum absolute atomic E-state index is 0.00759. The smallest absolute Gasteiger partial charge is 0.328 e. The van der Waals surface area contributed by atoms with E-state index in [1.54, 1.807) is 0 Å². The van der Waals surface area contributed by atoms with E-state index >= 15 is 0 Å². The Balaban J connectivity index is 2.42. The topological polar surface area (TPSA) is 76.7 Å². The second kappa shape index (κ2) is 7.33. The zero-order chi connectivity index (χ0) is 13.5. The lowest BCUT2D eigenvalue weighted by Gasteiger charge is -2.25. The lowest BCUT2D eigenvalue weighted by molar-refractivity contribution is -0.146. The Bertz CT molecular complexity index is 288. The van der Waals surface area contributed by atoms with Crippen molar-refractivity contribution in [2.24, 2.45) is 5.92 Å². The first-order valence-electron chi connectivity index (χ1n) is 6.24. The molecular weight excluding hydrogens is 236 g/mol. The first-order chi connectivity index (χ1) is 8.54. The average molecular weight is 258 g/mol. The van der Waals surface area contributed by atoms with Crippen LogP contribution >= 0.6 is 0 Å². The van der Waals surface area contributed by atoms with Crippen molar-refractivity contribution in [3.05, 3.63) is 0 Å². The van der Waals surface area contributed by atoms with Crippen molar-refractivity contribution in [2.75, 3.05) is 26.8 Å². The number of methoxy groups -OCH3 is 1. The quantitative estimate of drug-likeness (QED) is 0.661. The van der Waals surface area contributed by atoms with Gasteiger partial charge in [0.2, 0.25) is 5.91 Å². The van der Waals surface area contributed by atoms with Crippen LogP contribution in [0.4, 0.5) is 0 Å². The summed E-state index contributed by atoms with van der Waals surface area (Å²) in [4.78, 5) is 23.3. The molecule has 0 aromatic carbocycles. The monoisotopic (exact) mass is 258 g/mol. The van der Waals surface area contributed by atoms with Crippen molar-refractivity contribution in [2.45, 2.75) is 32.4 Å². The number of hydrogen-bond acceptors (Lipinski definition) is 5. The summed E-state index contributed by atoms with van der Waals surface area (Å²) in [7, 11) is 1.32. The van der Waals surface area contributed by atoms with Crippen molar-refractivity contribution in [1.82, 2.24) is 10.6 Å². The van der Waals surface area contributed by atoms with E-state index < -0.39 is 12.0 Å². The maximum absolute atomic E-state index is 11.8. The van der Waals surface area contributed by atoms with Crippen molar-refractivity contribution in [3.8, 4) is 0 Å². The Morgan fingerprint density at radius 1 is 1.50 bits per heavy atom. The summed E-state index contributed by atoms with van der Waals surface area (Å²) in [5, 5.41) is 5.85. The molecule has 104 valence electrons. The molecule has 0 spiro atoms. The van der Waals surface area contributed by atoms with Gasteiger partial charge in [0, 0.05) is 13.1 Å². The Kier molecular flexibility index (Phi) is 6.07. The summed E-state index contributed by atoms with van der Waals surface area (Å²) < 4.78 is 10.1. The van der Waals surface area contributed by atoms with E-state index in [-0.39, 0.29) is 24.3 Å². The van der Waals surface area contributed by atoms with Crippen LogP contribution in [0.3, 0.4) is 0 Å². The van der Waals surface area contributed by atoms with Gasteiger partial charge in [-0.3, -0.25) is 4.79 Å². The van der Waals surface area contributed by atoms with Gasteiger partial charge < -0.3 is 20.1 Å². The van der Waals surface area contributed by atoms with Crippen LogP contribution in [-0.2, 0) is 19.1 Å². The lowest BCUT2D eigenvalue weighted by Crippen LogP contribution is -2.47. The van der Waals surface area contributed by atoms with Gasteiger partial charge in [-0.25, -0.2) is 4.79 Å². The maximum atomic E-state index is 11.8. The number of carbonyl (C=O) groups excluding carboxylic acids is 2. The largest absolute Gasteiger partial charge is 0.467 e. The van der Waals surface area contributed by atoms with Gasteiger partial charge in [0.25, 0.3) is 0 Å². The van der Waals surface area contributed by atoms with E-state index in [0.29, 0.717) is 13.2 Å². The minimum atomic E-state index is -0.598. The molecule has 1 unspecified atom stereocenters. The number of amides is 1. The van der Waals surface area contributed by atoms with Crippen molar-refractivity contribution >= 4 is 11.9 Å². The van der Waals surface area contributed by atoms with Gasteiger partial charge >= 0.3 is 5.97 Å². The molecule has 0 radical (unpaired) electrons. The van der Waals surface area contributed by atoms with Crippen LogP contribution in [0, 0.1) is 5.92 Å². The Hall–Kier alpha value is -1.14. The normalized spacial score (nSPS) is 21.4. The third-order valence-electron chi connectivity index (χ3n) is 2.86. The zero-order valence-electron chi connectivity index (χ0n) is 11.2. The second-order valence-corrected chi connectivity index (χ2v) is 4.71. The number of esters is 1. The number of rotatable bonds is 5. The van der Waals surface area contributed by atoms with Gasteiger partial charge in [-0.1, -0.05) is 13.8 Å². The van der Waals surface area contributed by atoms with Gasteiger partial charge in [-0.2, -0.15) is 0 Å². The highest BCUT2D eigenvalue weighted by molar-refractivity contribution is 5.84. The standard InChI is InChI=1S/C12H22N2O4/c1-8(2)11(12(16)17-3)14-10(15)6-9-7-13-4-5-18-9/h8-9,11,13H,4-7H2,1-3H3,(H,14,15)/t9?,11-/m0/s1. The molecule has 2 atom stereocenters. The third-order valence-corrected chi connectivity index (χ3v) is 2.86. The van der Waals surface area contributed by atoms with Crippen molar-refractivity contribution in [1.29, 1.82) is 0 Å². The molecule has 1 rings (SSSR count). The zero-order valence-corrected chi connectivity index (χ0v) is 11.2. The SMILES string of the molecule is COC(=O)[C@@H](NC(=O)CC1CNCCO1)C(C)C. The van der Waals surface area contributed by atoms with E-state index in [9.17, 15) is 9.59 Å². The predicted molar refractivity (Wildman–Crippen MR) is 66.0 cm³/mol. The van der Waals surface area contributed by atoms with Crippen LogP contribution in [0.15, 0.2) is 0 Å². The van der Waals surface area contributed by atoms with E-state index in [1.165, 1.54) is 7.11 Å². The van der Waals surface area contributed by atoms with Crippen LogP contribution in [0.1, 0.15) is 20.3 Å². The number of ether oxygens (including phenoxy) is 2. The summed E-state index contributed by atoms with van der Waals surface area (Å²) in [6, 6.07) is -0.598. The van der Waals surface area contributed by atoms with Crippen molar-refractivity contribution < 1.29 is 19.1 Å². The molecule has 1 aliphatic rings. The lowest BCUT2D eigenvalue weighted by atomic mass is 10.0. The molecule has 1 fully saturated rings. The third kappa shape index (κ3) is 4.62. The highest BCUT2D eigenvalue weighted by atomic mass is 16.5. The average Bonchev–Trinajstić information content (AvgIpc) is 2.36. The molecule has 0 bridgehead atoms. The van der Waals surface area contributed by atoms with Crippen LogP contribution < -0.4 is 10.6 Å². The van der Waals surface area contributed by atoms with E-state index in [0.717, 1.165) is 6.54 Å². The predicted octanol–water partition coefficient (Wildman–Crippen LogP) is -0.321. The Morgan fingerprint density at radius 3 is 2.72 bits per heavy atom. The van der Waals surface area contributed by atoms with Gasteiger partial charge in [-0.15, -0.1) is 0 Å². The number of hydrogen-bond donors (Lipinski definition) is 2. The molecule has 0 saturated carbocycles. The number of carbonyl (C=O) groups is 2. The first-order valence-corrected chi connectivity index (χ1v) is 6.24. The molecule has 0 aromatic rings. The van der Waals surface area contributed by atoms with Gasteiger partial charge in [0.05, 0.1) is 26.2 Å². The minimum Gasteiger partial charge on any atom is -0.467 e. The Morgan fingerprint density at radius 2 is 2.22 bits per heavy atom. The van der Waals surface area contributed by atoms with E-state index in [4.69, 9.17) is 4.74 Å². The first kappa shape index (κ1) is 14.9. The summed E-state index contributed by atoms with van der Waals surface area (Å²) >= 11 is 0. The van der Waals surface area contributed by atoms with Crippen LogP contribution in [0.2, 0.25) is 0 Å². The molecule has 1 aliphatic heterocycles. The van der Waals surface area contributed by atoms with Crippen LogP contribution in [0.25, 0.3) is 0 Å². The van der Waals surface area contributed by atoms with Crippen LogP contribution in [0.5, 0.6) is 0 Å². The molecule has 0 aliphatic carbocycles. The number of morpholine rings is 1. The summed E-state index contributed by atoms with van der Waals surface area (Å²) in [6.45, 7) is 5.82. The van der Waals surface area contributed by atoms with Crippen molar-refractivity contribution in [3.63, 3.8) is 0 Å². The molecule has 0 aromatic heterocycles. The molecule has 1 saturated heterocycles. The van der Waals surface area contributed by atoms with Crippen LogP contribution in [-0.4, -0.2) is 50.8 Å². The van der Waals surface area contributed by atoms with Gasteiger partial charge in [0.15, 0.2) is 0 Å². The fourth-order valence-corrected chi connectivity index (χ4v) is 1.81. The fraction of sp³-hybridized carbons (Fsp3) is 0.833.